The maximum atomic E-state index is 12.6. The standard InChI is InChI=1S/C11H13FO2/c1-3-14-10(11(12)13)9-6-4-8(2)5-7-9/h4-7,10H,3H2,1-2H3. The molecule has 3 heteroatoms. The minimum atomic E-state index is -1.45. The van der Waals surface area contributed by atoms with Crippen LogP contribution in [0.5, 0.6) is 0 Å². The lowest BCUT2D eigenvalue weighted by atomic mass is 10.1. The summed E-state index contributed by atoms with van der Waals surface area (Å²) in [5.41, 5.74) is 1.63. The van der Waals surface area contributed by atoms with E-state index < -0.39 is 12.1 Å². The molecule has 0 saturated carbocycles. The highest BCUT2D eigenvalue weighted by molar-refractivity contribution is 5.75. The van der Waals surface area contributed by atoms with Gasteiger partial charge in [-0.25, -0.2) is 0 Å². The Morgan fingerprint density at radius 1 is 1.43 bits per heavy atom. The van der Waals surface area contributed by atoms with Crippen molar-refractivity contribution >= 4 is 6.04 Å². The van der Waals surface area contributed by atoms with E-state index in [1.807, 2.05) is 19.1 Å². The molecule has 0 aliphatic heterocycles. The molecule has 1 unspecified atom stereocenters. The van der Waals surface area contributed by atoms with Gasteiger partial charge in [0.1, 0.15) is 0 Å². The van der Waals surface area contributed by atoms with Gasteiger partial charge >= 0.3 is 6.04 Å². The Bertz CT molecular complexity index is 306. The lowest BCUT2D eigenvalue weighted by Crippen LogP contribution is -2.11. The van der Waals surface area contributed by atoms with Crippen LogP contribution in [0, 0.1) is 6.92 Å². The smallest absolute Gasteiger partial charge is 0.334 e. The molecular weight excluding hydrogens is 183 g/mol. The van der Waals surface area contributed by atoms with E-state index >= 15 is 0 Å². The highest BCUT2D eigenvalue weighted by Crippen LogP contribution is 2.19. The van der Waals surface area contributed by atoms with Crippen LogP contribution in [-0.4, -0.2) is 12.6 Å². The van der Waals surface area contributed by atoms with Crippen molar-refractivity contribution in [3.63, 3.8) is 0 Å². The second kappa shape index (κ2) is 4.86. The average Bonchev–Trinajstić information content (AvgIpc) is 2.15. The van der Waals surface area contributed by atoms with Gasteiger partial charge in [0, 0.05) is 6.61 Å². The first-order chi connectivity index (χ1) is 6.65. The van der Waals surface area contributed by atoms with Gasteiger partial charge in [-0.1, -0.05) is 29.8 Å². The number of carbonyl (C=O) groups excluding carboxylic acids is 1. The molecule has 1 aromatic rings. The zero-order valence-electron chi connectivity index (χ0n) is 8.29. The van der Waals surface area contributed by atoms with Crippen molar-refractivity contribution in [1.82, 2.24) is 0 Å². The Hall–Kier alpha value is -1.22. The first-order valence-corrected chi connectivity index (χ1v) is 4.52. The summed E-state index contributed by atoms with van der Waals surface area (Å²) in [5, 5.41) is 0. The van der Waals surface area contributed by atoms with Crippen LogP contribution in [0.4, 0.5) is 4.39 Å². The fraction of sp³-hybridized carbons (Fsp3) is 0.364. The third kappa shape index (κ3) is 2.64. The molecule has 14 heavy (non-hydrogen) atoms. The fourth-order valence-electron chi connectivity index (χ4n) is 1.20. The summed E-state index contributed by atoms with van der Waals surface area (Å²) in [6, 6.07) is 5.60. The maximum absolute atomic E-state index is 12.6. The quantitative estimate of drug-likeness (QED) is 0.692. The highest BCUT2D eigenvalue weighted by atomic mass is 19.1. The topological polar surface area (TPSA) is 26.3 Å². The summed E-state index contributed by atoms with van der Waals surface area (Å²) in [7, 11) is 0. The molecule has 76 valence electrons. The molecule has 0 aromatic heterocycles. The van der Waals surface area contributed by atoms with Crippen molar-refractivity contribution in [2.45, 2.75) is 20.0 Å². The maximum Gasteiger partial charge on any atom is 0.334 e. The first kappa shape index (κ1) is 10.9. The number of hydrogen-bond donors (Lipinski definition) is 0. The van der Waals surface area contributed by atoms with Gasteiger partial charge in [0.2, 0.25) is 0 Å². The summed E-state index contributed by atoms with van der Waals surface area (Å²) in [6.07, 6.45) is -1.07. The summed E-state index contributed by atoms with van der Waals surface area (Å²) >= 11 is 0. The van der Waals surface area contributed by atoms with Gasteiger partial charge in [-0.3, -0.25) is 4.79 Å². The van der Waals surface area contributed by atoms with E-state index in [0.29, 0.717) is 12.2 Å². The molecule has 0 aliphatic carbocycles. The van der Waals surface area contributed by atoms with Crippen molar-refractivity contribution in [2.24, 2.45) is 0 Å². The second-order valence-corrected chi connectivity index (χ2v) is 3.05. The van der Waals surface area contributed by atoms with E-state index in [9.17, 15) is 9.18 Å². The Kier molecular flexibility index (Phi) is 3.77. The summed E-state index contributed by atoms with van der Waals surface area (Å²) in [4.78, 5) is 10.6. The number of rotatable bonds is 4. The van der Waals surface area contributed by atoms with Crippen LogP contribution in [0.3, 0.4) is 0 Å². The molecule has 0 spiro atoms. The molecule has 1 aromatic carbocycles. The molecule has 0 bridgehead atoms. The Labute approximate surface area is 82.7 Å². The number of hydrogen-bond acceptors (Lipinski definition) is 2. The highest BCUT2D eigenvalue weighted by Gasteiger charge is 2.19. The second-order valence-electron chi connectivity index (χ2n) is 3.05. The molecule has 0 amide bonds. The monoisotopic (exact) mass is 196 g/mol. The van der Waals surface area contributed by atoms with Crippen LogP contribution in [0.15, 0.2) is 24.3 Å². The van der Waals surface area contributed by atoms with Gasteiger partial charge in [0.25, 0.3) is 0 Å². The van der Waals surface area contributed by atoms with Crippen molar-refractivity contribution in [3.05, 3.63) is 35.4 Å². The molecular formula is C11H13FO2. The largest absolute Gasteiger partial charge is 0.363 e. The van der Waals surface area contributed by atoms with Gasteiger partial charge in [0.05, 0.1) is 0 Å². The third-order valence-electron chi connectivity index (χ3n) is 1.92. The Morgan fingerprint density at radius 2 is 2.00 bits per heavy atom. The number of ether oxygens (including phenoxy) is 1. The first-order valence-electron chi connectivity index (χ1n) is 4.52. The van der Waals surface area contributed by atoms with Crippen LogP contribution in [0.2, 0.25) is 0 Å². The van der Waals surface area contributed by atoms with Gasteiger partial charge in [-0.15, -0.1) is 0 Å². The van der Waals surface area contributed by atoms with Gasteiger partial charge < -0.3 is 4.74 Å². The van der Waals surface area contributed by atoms with Crippen LogP contribution in [0.25, 0.3) is 0 Å². The Morgan fingerprint density at radius 3 is 2.43 bits per heavy atom. The van der Waals surface area contributed by atoms with Crippen LogP contribution in [-0.2, 0) is 9.53 Å². The van der Waals surface area contributed by atoms with Gasteiger partial charge in [-0.05, 0) is 19.4 Å². The molecule has 1 rings (SSSR count). The van der Waals surface area contributed by atoms with Gasteiger partial charge in [0.15, 0.2) is 6.10 Å². The van der Waals surface area contributed by atoms with Crippen LogP contribution >= 0.6 is 0 Å². The van der Waals surface area contributed by atoms with E-state index in [0.717, 1.165) is 5.56 Å². The summed E-state index contributed by atoms with van der Waals surface area (Å²) in [6.45, 7) is 3.97. The number of carbonyl (C=O) groups is 1. The van der Waals surface area contributed by atoms with Crippen LogP contribution in [0.1, 0.15) is 24.2 Å². The van der Waals surface area contributed by atoms with E-state index in [2.05, 4.69) is 0 Å². The normalized spacial score (nSPS) is 12.5. The molecule has 0 aliphatic rings. The average molecular weight is 196 g/mol. The van der Waals surface area contributed by atoms with Gasteiger partial charge in [-0.2, -0.15) is 4.39 Å². The lowest BCUT2D eigenvalue weighted by Gasteiger charge is -2.11. The minimum absolute atomic E-state index is 0.314. The van der Waals surface area contributed by atoms with Crippen molar-refractivity contribution < 1.29 is 13.9 Å². The van der Waals surface area contributed by atoms with Crippen LogP contribution < -0.4 is 0 Å². The molecule has 0 heterocycles. The lowest BCUT2D eigenvalue weighted by molar-refractivity contribution is -0.142. The molecule has 0 saturated heterocycles. The Balaban J connectivity index is 2.87. The third-order valence-corrected chi connectivity index (χ3v) is 1.92. The van der Waals surface area contributed by atoms with E-state index in [-0.39, 0.29) is 0 Å². The predicted octanol–water partition coefficient (Wildman–Crippen LogP) is 2.57. The number of aryl methyl sites for hydroxylation is 1. The summed E-state index contributed by atoms with van der Waals surface area (Å²) < 4.78 is 17.6. The van der Waals surface area contributed by atoms with E-state index in [1.54, 1.807) is 19.1 Å². The number of benzene rings is 1. The molecule has 2 nitrogen and oxygen atoms in total. The SMILES string of the molecule is CCOC(C(=O)F)c1ccc(C)cc1. The molecule has 0 radical (unpaired) electrons. The van der Waals surface area contributed by atoms with E-state index in [1.165, 1.54) is 0 Å². The summed E-state index contributed by atoms with van der Waals surface area (Å²) in [5.74, 6) is 0. The van der Waals surface area contributed by atoms with Crippen molar-refractivity contribution in [1.29, 1.82) is 0 Å². The predicted molar refractivity (Wildman–Crippen MR) is 51.7 cm³/mol. The van der Waals surface area contributed by atoms with Crippen molar-refractivity contribution in [3.8, 4) is 0 Å². The fourth-order valence-corrected chi connectivity index (χ4v) is 1.20. The minimum Gasteiger partial charge on any atom is -0.363 e. The molecule has 0 N–H and O–H groups in total. The zero-order valence-corrected chi connectivity index (χ0v) is 8.29. The molecule has 0 fully saturated rings. The number of halogens is 1. The molecule has 1 atom stereocenters. The van der Waals surface area contributed by atoms with E-state index in [4.69, 9.17) is 4.74 Å². The zero-order chi connectivity index (χ0) is 10.6. The van der Waals surface area contributed by atoms with Crippen molar-refractivity contribution in [2.75, 3.05) is 6.61 Å².